The van der Waals surface area contributed by atoms with Crippen LogP contribution in [-0.4, -0.2) is 11.2 Å². The van der Waals surface area contributed by atoms with Crippen LogP contribution in [0, 0.1) is 46.3 Å². The molecule has 4 rings (SSSR count). The number of aliphatic hydroxyl groups is 1. The van der Waals surface area contributed by atoms with Gasteiger partial charge in [-0.1, -0.05) is 65.5 Å². The van der Waals surface area contributed by atoms with Gasteiger partial charge in [0.1, 0.15) is 0 Å². The zero-order valence-electron chi connectivity index (χ0n) is 20.2. The van der Waals surface area contributed by atoms with Crippen molar-refractivity contribution in [2.24, 2.45) is 46.3 Å². The summed E-state index contributed by atoms with van der Waals surface area (Å²) in [6.45, 7) is 12.4. The van der Waals surface area contributed by atoms with E-state index in [2.05, 4.69) is 40.7 Å². The Bertz CT molecular complexity index is 626. The Labute approximate surface area is 176 Å². The largest absolute Gasteiger partial charge is 0.393 e. The van der Waals surface area contributed by atoms with E-state index in [1.807, 2.05) is 0 Å². The number of hydrogen-bond acceptors (Lipinski definition) is 1. The third kappa shape index (κ3) is 3.42. The third-order valence-corrected chi connectivity index (χ3v) is 10.1. The van der Waals surface area contributed by atoms with Crippen LogP contribution in [0.25, 0.3) is 0 Å². The van der Waals surface area contributed by atoms with Gasteiger partial charge in [-0.15, -0.1) is 0 Å². The van der Waals surface area contributed by atoms with Crippen LogP contribution in [0.3, 0.4) is 0 Å². The lowest BCUT2D eigenvalue weighted by molar-refractivity contribution is -0.0573. The summed E-state index contributed by atoms with van der Waals surface area (Å²) in [5, 5.41) is 10.3. The summed E-state index contributed by atoms with van der Waals surface area (Å²) in [6.07, 6.45) is 14.5. The maximum absolute atomic E-state index is 10.3. The van der Waals surface area contributed by atoms with E-state index in [1.54, 1.807) is 0 Å². The Kier molecular flexibility index (Phi) is 5.44. The van der Waals surface area contributed by atoms with Crippen LogP contribution in [0.4, 0.5) is 0 Å². The predicted octanol–water partition coefficient (Wildman–Crippen LogP) is 7.39. The number of rotatable bonds is 5. The van der Waals surface area contributed by atoms with E-state index in [4.69, 9.17) is 1.37 Å². The van der Waals surface area contributed by atoms with Crippen LogP contribution < -0.4 is 0 Å². The van der Waals surface area contributed by atoms with Crippen molar-refractivity contribution in [1.82, 2.24) is 0 Å². The van der Waals surface area contributed by atoms with E-state index in [-0.39, 0.29) is 11.8 Å². The SMILES string of the molecule is [2H][C@@H]1C2=CC[C@H]3[C@@H]4CC[C@H]([C@H](C)CCCC(C)C)[C@@]4(C)CC[C@@H]3[C@@]2(C)CC[C@@H]1O. The van der Waals surface area contributed by atoms with Crippen LogP contribution >= 0.6 is 0 Å². The van der Waals surface area contributed by atoms with Crippen LogP contribution in [0.15, 0.2) is 11.6 Å². The molecule has 1 nitrogen and oxygen atoms in total. The molecule has 1 N–H and O–H groups in total. The fraction of sp³-hybridized carbons (Fsp3) is 0.926. The average Bonchev–Trinajstić information content (AvgIpc) is 3.02. The third-order valence-electron chi connectivity index (χ3n) is 10.1. The van der Waals surface area contributed by atoms with Gasteiger partial charge >= 0.3 is 0 Å². The normalized spacial score (nSPS) is 49.7. The van der Waals surface area contributed by atoms with Crippen molar-refractivity contribution in [2.45, 2.75) is 111 Å². The Hall–Kier alpha value is -0.300. The van der Waals surface area contributed by atoms with Gasteiger partial charge in [0.2, 0.25) is 0 Å². The molecule has 0 aromatic rings. The van der Waals surface area contributed by atoms with Crippen molar-refractivity contribution < 1.29 is 6.48 Å². The lowest BCUT2D eigenvalue weighted by atomic mass is 9.47. The Balaban J connectivity index is 1.51. The average molecular weight is 388 g/mol. The first-order valence-electron chi connectivity index (χ1n) is 13.1. The van der Waals surface area contributed by atoms with Crippen LogP contribution in [0.5, 0.6) is 0 Å². The van der Waals surface area contributed by atoms with Gasteiger partial charge in [0.15, 0.2) is 0 Å². The second-order valence-electron chi connectivity index (χ2n) is 12.0. The van der Waals surface area contributed by atoms with E-state index >= 15 is 0 Å². The molecule has 0 amide bonds. The molecule has 3 fully saturated rings. The quantitative estimate of drug-likeness (QED) is 0.488. The molecule has 0 spiro atoms. The van der Waals surface area contributed by atoms with Crippen molar-refractivity contribution in [3.05, 3.63) is 11.6 Å². The molecule has 0 bridgehead atoms. The summed E-state index contributed by atoms with van der Waals surface area (Å²) in [5.74, 6) is 5.06. The van der Waals surface area contributed by atoms with E-state index in [1.165, 1.54) is 56.9 Å². The topological polar surface area (TPSA) is 20.2 Å². The zero-order valence-corrected chi connectivity index (χ0v) is 19.2. The predicted molar refractivity (Wildman–Crippen MR) is 119 cm³/mol. The molecule has 28 heavy (non-hydrogen) atoms. The fourth-order valence-electron chi connectivity index (χ4n) is 8.47. The summed E-state index contributed by atoms with van der Waals surface area (Å²) >= 11 is 0. The first-order chi connectivity index (χ1) is 13.7. The summed E-state index contributed by atoms with van der Waals surface area (Å²) in [5.41, 5.74) is 2.00. The number of hydrogen-bond donors (Lipinski definition) is 1. The maximum atomic E-state index is 10.3. The summed E-state index contributed by atoms with van der Waals surface area (Å²) in [4.78, 5) is 0. The minimum Gasteiger partial charge on any atom is -0.393 e. The summed E-state index contributed by atoms with van der Waals surface area (Å²) in [7, 11) is 0. The molecular weight excluding hydrogens is 340 g/mol. The fourth-order valence-corrected chi connectivity index (χ4v) is 8.47. The van der Waals surface area contributed by atoms with Gasteiger partial charge in [-0.25, -0.2) is 0 Å². The van der Waals surface area contributed by atoms with Gasteiger partial charge in [0.25, 0.3) is 0 Å². The summed E-state index contributed by atoms with van der Waals surface area (Å²) in [6, 6.07) is 0. The molecular formula is C27H46O. The number of allylic oxidation sites excluding steroid dienone is 1. The smallest absolute Gasteiger partial charge is 0.0577 e. The van der Waals surface area contributed by atoms with Gasteiger partial charge < -0.3 is 5.11 Å². The Morgan fingerprint density at radius 3 is 2.61 bits per heavy atom. The molecule has 0 aromatic carbocycles. The molecule has 1 heteroatoms. The molecule has 3 saturated carbocycles. The van der Waals surface area contributed by atoms with Crippen LogP contribution in [0.2, 0.25) is 0 Å². The molecule has 0 aliphatic heterocycles. The molecule has 4 aliphatic rings. The highest BCUT2D eigenvalue weighted by Gasteiger charge is 2.59. The van der Waals surface area contributed by atoms with E-state index < -0.39 is 6.10 Å². The highest BCUT2D eigenvalue weighted by Crippen LogP contribution is 2.67. The first-order valence-corrected chi connectivity index (χ1v) is 12.5. The second kappa shape index (κ2) is 7.75. The first kappa shape index (κ1) is 19.7. The standard InChI is InChI=1S/C27H46O/c1-18(2)7-6-8-19(3)23-11-12-24-22-10-9-20-17-21(28)13-15-26(20,4)25(22)14-16-27(23,24)5/h9,18-19,21-25,28H,6-8,10-17H2,1-5H3/t19-,21+,22+,23-,24+,25+,26+,27-/m1/s1/i17D/t17-,19-,21+,22+,23-,24+,25+,26+,27-. The highest BCUT2D eigenvalue weighted by atomic mass is 16.3. The summed E-state index contributed by atoms with van der Waals surface area (Å²) < 4.78 is 8.58. The van der Waals surface area contributed by atoms with Crippen molar-refractivity contribution >= 4 is 0 Å². The van der Waals surface area contributed by atoms with Gasteiger partial charge in [0, 0.05) is 1.37 Å². The lowest BCUT2D eigenvalue weighted by Crippen LogP contribution is -2.50. The molecule has 9 atom stereocenters. The molecule has 0 radical (unpaired) electrons. The molecule has 160 valence electrons. The monoisotopic (exact) mass is 387 g/mol. The van der Waals surface area contributed by atoms with Crippen molar-refractivity contribution in [3.63, 3.8) is 0 Å². The number of aliphatic hydroxyl groups excluding tert-OH is 1. The minimum atomic E-state index is -0.442. The minimum absolute atomic E-state index is 0.177. The van der Waals surface area contributed by atoms with E-state index in [0.717, 1.165) is 48.3 Å². The van der Waals surface area contributed by atoms with Gasteiger partial charge in [-0.2, -0.15) is 0 Å². The lowest BCUT2D eigenvalue weighted by Gasteiger charge is -2.58. The van der Waals surface area contributed by atoms with Crippen molar-refractivity contribution in [2.75, 3.05) is 0 Å². The van der Waals surface area contributed by atoms with Crippen molar-refractivity contribution in [3.8, 4) is 0 Å². The highest BCUT2D eigenvalue weighted by molar-refractivity contribution is 5.25. The van der Waals surface area contributed by atoms with Gasteiger partial charge in [-0.3, -0.25) is 0 Å². The van der Waals surface area contributed by atoms with Crippen molar-refractivity contribution in [1.29, 1.82) is 0 Å². The molecule has 0 heterocycles. The molecule has 0 aromatic heterocycles. The molecule has 0 saturated heterocycles. The zero-order chi connectivity index (χ0) is 21.0. The van der Waals surface area contributed by atoms with E-state index in [0.29, 0.717) is 5.41 Å². The van der Waals surface area contributed by atoms with Crippen LogP contribution in [-0.2, 0) is 0 Å². The molecule has 4 aliphatic carbocycles. The van der Waals surface area contributed by atoms with Gasteiger partial charge in [-0.05, 0) is 97.7 Å². The Morgan fingerprint density at radius 2 is 1.86 bits per heavy atom. The van der Waals surface area contributed by atoms with Gasteiger partial charge in [0.05, 0.1) is 6.10 Å². The van der Waals surface area contributed by atoms with E-state index in [9.17, 15) is 5.11 Å². The second-order valence-corrected chi connectivity index (χ2v) is 12.0. The molecule has 0 unspecified atom stereocenters. The number of fused-ring (bicyclic) bond motifs is 5. The maximum Gasteiger partial charge on any atom is 0.0577 e. The van der Waals surface area contributed by atoms with Crippen LogP contribution in [0.1, 0.15) is 107 Å². The Morgan fingerprint density at radius 1 is 1.07 bits per heavy atom.